The molecule has 1 saturated heterocycles. The molecule has 4 nitrogen and oxygen atoms in total. The number of nitrogens with two attached hydrogens (primary N) is 1. The summed E-state index contributed by atoms with van der Waals surface area (Å²) in [5.41, 5.74) is 2.15. The first kappa shape index (κ1) is 20.6. The Morgan fingerprint density at radius 3 is 2.39 bits per heavy atom. The van der Waals surface area contributed by atoms with Gasteiger partial charge in [0.2, 0.25) is 0 Å². The van der Waals surface area contributed by atoms with Crippen LogP contribution in [-0.4, -0.2) is 43.5 Å². The fraction of sp³-hybridized carbons (Fsp3) is 0.409. The number of carbonyl (C=O) groups excluding carboxylic acids is 1. The van der Waals surface area contributed by atoms with Crippen molar-refractivity contribution in [2.75, 3.05) is 37.6 Å². The molecule has 3 rings (SSSR count). The van der Waals surface area contributed by atoms with Crippen LogP contribution in [0.5, 0.6) is 0 Å². The molecule has 28 heavy (non-hydrogen) atoms. The van der Waals surface area contributed by atoms with Crippen molar-refractivity contribution in [2.24, 2.45) is 5.92 Å². The number of rotatable bonds is 6. The average molecular weight is 405 g/mol. The van der Waals surface area contributed by atoms with E-state index in [1.54, 1.807) is 0 Å². The molecule has 1 aliphatic rings. The molecule has 1 amide bonds. The Morgan fingerprint density at radius 1 is 1.11 bits per heavy atom. The van der Waals surface area contributed by atoms with Crippen LogP contribution >= 0.6 is 11.6 Å². The lowest BCUT2D eigenvalue weighted by Gasteiger charge is -2.36. The molecule has 150 valence electrons. The topological polar surface area (TPSA) is 40.2 Å². The number of halogens is 2. The number of hydrogen-bond acceptors (Lipinski definition) is 2. The monoisotopic (exact) mass is 404 g/mol. The number of anilines is 1. The quantitative estimate of drug-likeness (QED) is 0.803. The molecule has 2 aromatic carbocycles. The van der Waals surface area contributed by atoms with Gasteiger partial charge in [-0.2, -0.15) is 0 Å². The summed E-state index contributed by atoms with van der Waals surface area (Å²) < 4.78 is 13.2. The fourth-order valence-corrected chi connectivity index (χ4v) is 3.91. The smallest absolute Gasteiger partial charge is 0.277 e. The molecule has 0 unspecified atom stereocenters. The minimum Gasteiger partial charge on any atom is -0.368 e. The number of hydrogen-bond donors (Lipinski definition) is 1. The van der Waals surface area contributed by atoms with E-state index >= 15 is 0 Å². The molecule has 2 N–H and O–H groups in total. The minimum atomic E-state index is -0.236. The number of benzene rings is 2. The van der Waals surface area contributed by atoms with E-state index in [2.05, 4.69) is 24.1 Å². The van der Waals surface area contributed by atoms with E-state index < -0.39 is 0 Å². The maximum Gasteiger partial charge on any atom is 0.277 e. The Kier molecular flexibility index (Phi) is 6.92. The van der Waals surface area contributed by atoms with Crippen molar-refractivity contribution >= 4 is 23.2 Å². The second-order valence-corrected chi connectivity index (χ2v) is 8.05. The van der Waals surface area contributed by atoms with Gasteiger partial charge in [-0.1, -0.05) is 43.6 Å². The van der Waals surface area contributed by atoms with Gasteiger partial charge in [-0.15, -0.1) is 0 Å². The number of carbonyl (C=O) groups is 1. The van der Waals surface area contributed by atoms with E-state index in [0.717, 1.165) is 29.4 Å². The summed E-state index contributed by atoms with van der Waals surface area (Å²) in [6.45, 7) is 7.67. The maximum atomic E-state index is 13.2. The summed E-state index contributed by atoms with van der Waals surface area (Å²) in [6, 6.07) is 14.5. The summed E-state index contributed by atoms with van der Waals surface area (Å²) in [5, 5.41) is 2.80. The first-order chi connectivity index (χ1) is 13.4. The van der Waals surface area contributed by atoms with Crippen molar-refractivity contribution < 1.29 is 14.5 Å². The van der Waals surface area contributed by atoms with Crippen LogP contribution in [0.4, 0.5) is 10.1 Å². The van der Waals surface area contributed by atoms with E-state index in [4.69, 9.17) is 11.6 Å². The van der Waals surface area contributed by atoms with E-state index in [1.807, 2.05) is 41.3 Å². The standard InChI is InChI=1S/C22H27ClFN3O/c1-16(2)22(17-6-8-19(24)9-7-17)25-15-21(28)27-12-10-26(11-13-27)20-5-3-4-18(23)14-20/h3-9,14,16,22,25H,10-13,15H2,1-2H3/p+1/t22-/m1/s1. The van der Waals surface area contributed by atoms with E-state index in [-0.39, 0.29) is 17.8 Å². The predicted octanol–water partition coefficient (Wildman–Crippen LogP) is 3.09. The SMILES string of the molecule is CC(C)[C@@H]([NH2+]CC(=O)N1CCN(c2cccc(Cl)c2)CC1)c1ccc(F)cc1. The van der Waals surface area contributed by atoms with Crippen LogP contribution in [0.1, 0.15) is 25.5 Å². The van der Waals surface area contributed by atoms with E-state index in [0.29, 0.717) is 25.6 Å². The summed E-state index contributed by atoms with van der Waals surface area (Å²) in [4.78, 5) is 16.9. The van der Waals surface area contributed by atoms with Gasteiger partial charge >= 0.3 is 0 Å². The highest BCUT2D eigenvalue weighted by atomic mass is 35.5. The maximum absolute atomic E-state index is 13.2. The Balaban J connectivity index is 1.53. The van der Waals surface area contributed by atoms with Crippen LogP contribution in [0.2, 0.25) is 5.02 Å². The molecule has 0 aromatic heterocycles. The molecule has 2 aromatic rings. The molecular weight excluding hydrogens is 377 g/mol. The van der Waals surface area contributed by atoms with Crippen LogP contribution in [-0.2, 0) is 4.79 Å². The lowest BCUT2D eigenvalue weighted by atomic mass is 9.96. The Morgan fingerprint density at radius 2 is 1.79 bits per heavy atom. The molecule has 1 aliphatic heterocycles. The van der Waals surface area contributed by atoms with E-state index in [1.165, 1.54) is 12.1 Å². The largest absolute Gasteiger partial charge is 0.368 e. The van der Waals surface area contributed by atoms with Crippen molar-refractivity contribution in [1.29, 1.82) is 0 Å². The van der Waals surface area contributed by atoms with Gasteiger partial charge in [0, 0.05) is 48.4 Å². The van der Waals surface area contributed by atoms with Crippen molar-refractivity contribution in [3.63, 3.8) is 0 Å². The molecule has 6 heteroatoms. The Labute approximate surface area is 171 Å². The van der Waals surface area contributed by atoms with Gasteiger partial charge in [-0.25, -0.2) is 4.39 Å². The van der Waals surface area contributed by atoms with Gasteiger partial charge in [-0.05, 0) is 30.3 Å². The van der Waals surface area contributed by atoms with Crippen LogP contribution in [0.25, 0.3) is 0 Å². The van der Waals surface area contributed by atoms with Crippen LogP contribution in [0.3, 0.4) is 0 Å². The first-order valence-corrected chi connectivity index (χ1v) is 10.2. The molecule has 0 bridgehead atoms. The lowest BCUT2D eigenvalue weighted by molar-refractivity contribution is -0.692. The molecule has 1 atom stereocenters. The highest BCUT2D eigenvalue weighted by Gasteiger charge is 2.25. The van der Waals surface area contributed by atoms with Crippen LogP contribution < -0.4 is 10.2 Å². The second-order valence-electron chi connectivity index (χ2n) is 7.61. The average Bonchev–Trinajstić information content (AvgIpc) is 2.69. The molecule has 1 fully saturated rings. The van der Waals surface area contributed by atoms with Crippen molar-refractivity contribution in [3.8, 4) is 0 Å². The molecule has 0 radical (unpaired) electrons. The van der Waals surface area contributed by atoms with Gasteiger partial charge in [0.1, 0.15) is 11.9 Å². The van der Waals surface area contributed by atoms with Crippen LogP contribution in [0, 0.1) is 11.7 Å². The number of amides is 1. The molecular formula is C22H28ClFN3O+. The summed E-state index contributed by atoms with van der Waals surface area (Å²) in [7, 11) is 0. The third-order valence-corrected chi connectivity index (χ3v) is 5.56. The molecule has 0 spiro atoms. The highest BCUT2D eigenvalue weighted by Crippen LogP contribution is 2.21. The van der Waals surface area contributed by atoms with E-state index in [9.17, 15) is 9.18 Å². The second kappa shape index (κ2) is 9.39. The van der Waals surface area contributed by atoms with Gasteiger partial charge in [-0.3, -0.25) is 4.79 Å². The molecule has 0 aliphatic carbocycles. The number of piperazine rings is 1. The van der Waals surface area contributed by atoms with Crippen molar-refractivity contribution in [2.45, 2.75) is 19.9 Å². The van der Waals surface area contributed by atoms with Crippen LogP contribution in [0.15, 0.2) is 48.5 Å². The predicted molar refractivity (Wildman–Crippen MR) is 111 cm³/mol. The first-order valence-electron chi connectivity index (χ1n) is 9.81. The summed E-state index contributed by atoms with van der Waals surface area (Å²) >= 11 is 6.08. The minimum absolute atomic E-state index is 0.136. The normalized spacial score (nSPS) is 15.8. The zero-order chi connectivity index (χ0) is 20.1. The summed E-state index contributed by atoms with van der Waals surface area (Å²) in [6.07, 6.45) is 0. The Hall–Kier alpha value is -2.11. The number of quaternary nitrogens is 1. The Bertz CT molecular complexity index is 789. The van der Waals surface area contributed by atoms with Gasteiger partial charge < -0.3 is 15.1 Å². The zero-order valence-corrected chi connectivity index (χ0v) is 17.2. The summed E-state index contributed by atoms with van der Waals surface area (Å²) in [5.74, 6) is 0.261. The fourth-order valence-electron chi connectivity index (χ4n) is 3.72. The highest BCUT2D eigenvalue weighted by molar-refractivity contribution is 6.30. The lowest BCUT2D eigenvalue weighted by Crippen LogP contribution is -2.88. The van der Waals surface area contributed by atoms with Gasteiger partial charge in [0.15, 0.2) is 6.54 Å². The zero-order valence-electron chi connectivity index (χ0n) is 16.4. The third-order valence-electron chi connectivity index (χ3n) is 5.33. The van der Waals surface area contributed by atoms with Crippen molar-refractivity contribution in [1.82, 2.24) is 4.90 Å². The molecule has 1 heterocycles. The number of nitrogens with zero attached hydrogens (tertiary/aromatic N) is 2. The van der Waals surface area contributed by atoms with Gasteiger partial charge in [0.25, 0.3) is 5.91 Å². The molecule has 0 saturated carbocycles. The van der Waals surface area contributed by atoms with Gasteiger partial charge in [0.05, 0.1) is 0 Å². The third kappa shape index (κ3) is 5.24. The van der Waals surface area contributed by atoms with Crippen molar-refractivity contribution in [3.05, 3.63) is 64.9 Å².